The third-order valence-electron chi connectivity index (χ3n) is 2.27. The number of nitrogens with zero attached hydrogens (tertiary/aromatic N) is 2. The summed E-state index contributed by atoms with van der Waals surface area (Å²) in [4.78, 5) is 8.23. The van der Waals surface area contributed by atoms with Gasteiger partial charge in [0.25, 0.3) is 0 Å². The summed E-state index contributed by atoms with van der Waals surface area (Å²) in [5.74, 6) is 0.783. The zero-order chi connectivity index (χ0) is 12.4. The Kier molecular flexibility index (Phi) is 3.64. The molecule has 0 aliphatic carbocycles. The van der Waals surface area contributed by atoms with Crippen molar-refractivity contribution in [2.45, 2.75) is 6.92 Å². The zero-order valence-electron chi connectivity index (χ0n) is 9.37. The van der Waals surface area contributed by atoms with E-state index in [-0.39, 0.29) is 5.28 Å². The predicted molar refractivity (Wildman–Crippen MR) is 71.5 cm³/mol. The summed E-state index contributed by atoms with van der Waals surface area (Å²) in [5, 5.41) is 0.256. The Morgan fingerprint density at radius 2 is 2.00 bits per heavy atom. The third kappa shape index (κ3) is 2.76. The summed E-state index contributed by atoms with van der Waals surface area (Å²) >= 11 is 9.28. The van der Waals surface area contributed by atoms with Crippen molar-refractivity contribution in [1.82, 2.24) is 9.97 Å². The van der Waals surface area contributed by atoms with Gasteiger partial charge in [-0.25, -0.2) is 9.97 Å². The molecule has 0 spiro atoms. The molecule has 0 bridgehead atoms. The minimum absolute atomic E-state index is 0.256. The van der Waals surface area contributed by atoms with Crippen molar-refractivity contribution >= 4 is 27.5 Å². The van der Waals surface area contributed by atoms with Gasteiger partial charge in [0.1, 0.15) is 5.75 Å². The number of ether oxygens (including phenoxy) is 1. The highest BCUT2D eigenvalue weighted by atomic mass is 79.9. The summed E-state index contributed by atoms with van der Waals surface area (Å²) < 4.78 is 6.06. The van der Waals surface area contributed by atoms with Crippen molar-refractivity contribution in [3.8, 4) is 17.0 Å². The van der Waals surface area contributed by atoms with E-state index in [0.29, 0.717) is 0 Å². The Balaban J connectivity index is 2.49. The van der Waals surface area contributed by atoms with Crippen LogP contribution < -0.4 is 4.74 Å². The van der Waals surface area contributed by atoms with E-state index in [0.717, 1.165) is 27.2 Å². The maximum atomic E-state index is 5.84. The molecule has 5 heteroatoms. The van der Waals surface area contributed by atoms with Gasteiger partial charge in [-0.3, -0.25) is 0 Å². The van der Waals surface area contributed by atoms with Crippen molar-refractivity contribution in [2.75, 3.05) is 7.11 Å². The molecule has 0 aliphatic heterocycles. The molecule has 0 radical (unpaired) electrons. The molecule has 0 fully saturated rings. The molecule has 0 saturated heterocycles. The van der Waals surface area contributed by atoms with Gasteiger partial charge in [0.05, 0.1) is 17.3 Å². The Labute approximate surface area is 113 Å². The second-order valence-corrected chi connectivity index (χ2v) is 4.71. The number of rotatable bonds is 2. The minimum atomic E-state index is 0.256. The SMILES string of the molecule is COc1ccc(-c2cc(C)nc(Cl)n2)cc1Br. The molecule has 1 heterocycles. The lowest BCUT2D eigenvalue weighted by atomic mass is 10.1. The van der Waals surface area contributed by atoms with Crippen molar-refractivity contribution in [3.63, 3.8) is 0 Å². The van der Waals surface area contributed by atoms with Crippen LogP contribution in [-0.2, 0) is 0 Å². The molecule has 1 aromatic carbocycles. The monoisotopic (exact) mass is 312 g/mol. The summed E-state index contributed by atoms with van der Waals surface area (Å²) in [5.41, 5.74) is 2.60. The molecule has 17 heavy (non-hydrogen) atoms. The molecule has 88 valence electrons. The lowest BCUT2D eigenvalue weighted by Crippen LogP contribution is -1.91. The topological polar surface area (TPSA) is 35.0 Å². The Morgan fingerprint density at radius 1 is 1.24 bits per heavy atom. The highest BCUT2D eigenvalue weighted by Crippen LogP contribution is 2.30. The fourth-order valence-corrected chi connectivity index (χ4v) is 2.27. The fraction of sp³-hybridized carbons (Fsp3) is 0.167. The summed E-state index contributed by atoms with van der Waals surface area (Å²) in [7, 11) is 1.63. The number of methoxy groups -OCH3 is 1. The van der Waals surface area contributed by atoms with Crippen LogP contribution in [0.1, 0.15) is 5.69 Å². The Bertz CT molecular complexity index is 540. The van der Waals surface area contributed by atoms with Crippen LogP contribution in [0.2, 0.25) is 5.28 Å². The van der Waals surface area contributed by atoms with Crippen LogP contribution in [0.3, 0.4) is 0 Å². The van der Waals surface area contributed by atoms with Crippen LogP contribution in [0.15, 0.2) is 28.7 Å². The van der Waals surface area contributed by atoms with Crippen LogP contribution in [0.4, 0.5) is 0 Å². The predicted octanol–water partition coefficient (Wildman–Crippen LogP) is 3.88. The largest absolute Gasteiger partial charge is 0.496 e. The average molecular weight is 314 g/mol. The number of hydrogen-bond acceptors (Lipinski definition) is 3. The lowest BCUT2D eigenvalue weighted by molar-refractivity contribution is 0.412. The van der Waals surface area contributed by atoms with Crippen LogP contribution in [0.5, 0.6) is 5.75 Å². The molecular weight excluding hydrogens is 304 g/mol. The fourth-order valence-electron chi connectivity index (χ4n) is 1.51. The molecule has 0 unspecified atom stereocenters. The van der Waals surface area contributed by atoms with E-state index in [9.17, 15) is 0 Å². The minimum Gasteiger partial charge on any atom is -0.496 e. The Hall–Kier alpha value is -1.13. The van der Waals surface area contributed by atoms with Gasteiger partial charge in [-0.2, -0.15) is 0 Å². The van der Waals surface area contributed by atoms with E-state index in [1.54, 1.807) is 7.11 Å². The molecule has 2 aromatic rings. The van der Waals surface area contributed by atoms with Crippen LogP contribution in [0.25, 0.3) is 11.3 Å². The zero-order valence-corrected chi connectivity index (χ0v) is 11.7. The number of aromatic nitrogens is 2. The number of hydrogen-bond donors (Lipinski definition) is 0. The molecule has 0 amide bonds. The molecule has 1 aromatic heterocycles. The van der Waals surface area contributed by atoms with Crippen molar-refractivity contribution in [1.29, 1.82) is 0 Å². The van der Waals surface area contributed by atoms with E-state index in [1.165, 1.54) is 0 Å². The smallest absolute Gasteiger partial charge is 0.223 e. The van der Waals surface area contributed by atoms with Crippen LogP contribution >= 0.6 is 27.5 Å². The molecule has 0 aliphatic rings. The number of aryl methyl sites for hydroxylation is 1. The lowest BCUT2D eigenvalue weighted by Gasteiger charge is -2.06. The standard InChI is InChI=1S/C12H10BrClN2O/c1-7-5-10(16-12(14)15-7)8-3-4-11(17-2)9(13)6-8/h3-6H,1-2H3. The maximum absolute atomic E-state index is 5.84. The molecule has 0 N–H and O–H groups in total. The van der Waals surface area contributed by atoms with Gasteiger partial charge in [-0.05, 0) is 58.7 Å². The van der Waals surface area contributed by atoms with Gasteiger partial charge in [0.15, 0.2) is 0 Å². The van der Waals surface area contributed by atoms with Crippen molar-refractivity contribution in [3.05, 3.63) is 39.7 Å². The van der Waals surface area contributed by atoms with E-state index >= 15 is 0 Å². The highest BCUT2D eigenvalue weighted by molar-refractivity contribution is 9.10. The number of halogens is 2. The Morgan fingerprint density at radius 3 is 2.59 bits per heavy atom. The van der Waals surface area contributed by atoms with Gasteiger partial charge in [0.2, 0.25) is 5.28 Å². The van der Waals surface area contributed by atoms with Gasteiger partial charge >= 0.3 is 0 Å². The molecule has 0 atom stereocenters. The van der Waals surface area contributed by atoms with Crippen molar-refractivity contribution < 1.29 is 4.74 Å². The molecule has 0 saturated carbocycles. The van der Waals surface area contributed by atoms with Gasteiger partial charge < -0.3 is 4.74 Å². The molecule has 2 rings (SSSR count). The summed E-state index contributed by atoms with van der Waals surface area (Å²) in [6.07, 6.45) is 0. The molecular formula is C12H10BrClN2O. The van der Waals surface area contributed by atoms with E-state index < -0.39 is 0 Å². The summed E-state index contributed by atoms with van der Waals surface area (Å²) in [6.45, 7) is 1.88. The summed E-state index contributed by atoms with van der Waals surface area (Å²) in [6, 6.07) is 7.64. The van der Waals surface area contributed by atoms with Crippen molar-refractivity contribution in [2.24, 2.45) is 0 Å². The first kappa shape index (κ1) is 12.3. The van der Waals surface area contributed by atoms with E-state index in [4.69, 9.17) is 16.3 Å². The van der Waals surface area contributed by atoms with Gasteiger partial charge in [-0.1, -0.05) is 0 Å². The first-order valence-electron chi connectivity index (χ1n) is 4.95. The van der Waals surface area contributed by atoms with Gasteiger partial charge in [0, 0.05) is 11.3 Å². The third-order valence-corrected chi connectivity index (χ3v) is 3.06. The van der Waals surface area contributed by atoms with Gasteiger partial charge in [-0.15, -0.1) is 0 Å². The number of benzene rings is 1. The average Bonchev–Trinajstić information content (AvgIpc) is 2.27. The molecule has 3 nitrogen and oxygen atoms in total. The second-order valence-electron chi connectivity index (χ2n) is 3.51. The second kappa shape index (κ2) is 5.02. The van der Waals surface area contributed by atoms with E-state index in [1.807, 2.05) is 31.2 Å². The van der Waals surface area contributed by atoms with E-state index in [2.05, 4.69) is 25.9 Å². The maximum Gasteiger partial charge on any atom is 0.223 e. The normalized spacial score (nSPS) is 10.4. The van der Waals surface area contributed by atoms with Crippen LogP contribution in [-0.4, -0.2) is 17.1 Å². The quantitative estimate of drug-likeness (QED) is 0.789. The van der Waals surface area contributed by atoms with Crippen LogP contribution in [0, 0.1) is 6.92 Å². The highest BCUT2D eigenvalue weighted by Gasteiger charge is 2.06. The first-order valence-corrected chi connectivity index (χ1v) is 6.12. The first-order chi connectivity index (χ1) is 8.10.